The largest absolute Gasteiger partial charge is 0.493 e. The molecule has 0 radical (unpaired) electrons. The molecule has 7 heteroatoms. The third kappa shape index (κ3) is 7.27. The number of halogens is 1. The third-order valence-electron chi connectivity index (χ3n) is 3.48. The van der Waals surface area contributed by atoms with Crippen molar-refractivity contribution >= 4 is 23.7 Å². The SMILES string of the molecule is CCCOc1ccccc1C=NNC(=O)CCC(=O)Nc1ccc(F)cc1. The van der Waals surface area contributed by atoms with Gasteiger partial charge in [0.25, 0.3) is 0 Å². The van der Waals surface area contributed by atoms with Crippen LogP contribution in [0.3, 0.4) is 0 Å². The fourth-order valence-electron chi connectivity index (χ4n) is 2.14. The maximum atomic E-state index is 12.8. The number of amides is 2. The van der Waals surface area contributed by atoms with E-state index in [4.69, 9.17) is 4.74 Å². The molecule has 0 saturated carbocycles. The van der Waals surface area contributed by atoms with E-state index in [1.807, 2.05) is 31.2 Å². The summed E-state index contributed by atoms with van der Waals surface area (Å²) in [4.78, 5) is 23.6. The fraction of sp³-hybridized carbons (Fsp3) is 0.250. The van der Waals surface area contributed by atoms with Gasteiger partial charge in [0.2, 0.25) is 11.8 Å². The summed E-state index contributed by atoms with van der Waals surface area (Å²) in [5.41, 5.74) is 3.61. The summed E-state index contributed by atoms with van der Waals surface area (Å²) in [5.74, 6) is -0.408. The highest BCUT2D eigenvalue weighted by Gasteiger charge is 2.07. The van der Waals surface area contributed by atoms with E-state index < -0.39 is 0 Å². The molecule has 2 aromatic rings. The molecule has 0 heterocycles. The highest BCUT2D eigenvalue weighted by molar-refractivity contribution is 5.93. The summed E-state index contributed by atoms with van der Waals surface area (Å²) in [6, 6.07) is 12.8. The molecule has 0 aliphatic carbocycles. The van der Waals surface area contributed by atoms with Gasteiger partial charge in [0.1, 0.15) is 11.6 Å². The van der Waals surface area contributed by atoms with Crippen LogP contribution in [0.15, 0.2) is 53.6 Å². The van der Waals surface area contributed by atoms with E-state index in [-0.39, 0.29) is 30.5 Å². The van der Waals surface area contributed by atoms with Gasteiger partial charge in [0, 0.05) is 24.1 Å². The Morgan fingerprint density at radius 1 is 1.07 bits per heavy atom. The lowest BCUT2D eigenvalue weighted by Gasteiger charge is -2.07. The number of rotatable bonds is 9. The molecule has 0 saturated heterocycles. The molecule has 0 spiro atoms. The van der Waals surface area contributed by atoms with Crippen molar-refractivity contribution in [3.63, 3.8) is 0 Å². The minimum absolute atomic E-state index is 0.00503. The maximum Gasteiger partial charge on any atom is 0.240 e. The molecule has 27 heavy (non-hydrogen) atoms. The Morgan fingerprint density at radius 3 is 2.52 bits per heavy atom. The van der Waals surface area contributed by atoms with E-state index in [0.29, 0.717) is 18.0 Å². The molecule has 0 bridgehead atoms. The van der Waals surface area contributed by atoms with Crippen molar-refractivity contribution < 1.29 is 18.7 Å². The van der Waals surface area contributed by atoms with Crippen LogP contribution in [-0.2, 0) is 9.59 Å². The Kier molecular flexibility index (Phi) is 7.96. The average molecular weight is 371 g/mol. The molecule has 2 aromatic carbocycles. The molecule has 6 nitrogen and oxygen atoms in total. The summed E-state index contributed by atoms with van der Waals surface area (Å²) < 4.78 is 18.4. The van der Waals surface area contributed by atoms with Crippen LogP contribution in [0.5, 0.6) is 5.75 Å². The summed E-state index contributed by atoms with van der Waals surface area (Å²) in [6.45, 7) is 2.61. The number of anilines is 1. The van der Waals surface area contributed by atoms with E-state index >= 15 is 0 Å². The number of hydrogen-bond acceptors (Lipinski definition) is 4. The zero-order valence-electron chi connectivity index (χ0n) is 15.1. The first-order valence-electron chi connectivity index (χ1n) is 8.67. The van der Waals surface area contributed by atoms with Gasteiger partial charge in [0.05, 0.1) is 12.8 Å². The monoisotopic (exact) mass is 371 g/mol. The number of carbonyl (C=O) groups excluding carboxylic acids is 2. The van der Waals surface area contributed by atoms with Crippen molar-refractivity contribution in [2.45, 2.75) is 26.2 Å². The predicted octanol–water partition coefficient (Wildman–Crippen LogP) is 3.48. The van der Waals surface area contributed by atoms with Crippen LogP contribution < -0.4 is 15.5 Å². The minimum Gasteiger partial charge on any atom is -0.493 e. The van der Waals surface area contributed by atoms with Crippen molar-refractivity contribution in [3.05, 3.63) is 59.9 Å². The van der Waals surface area contributed by atoms with Crippen molar-refractivity contribution in [2.75, 3.05) is 11.9 Å². The number of para-hydroxylation sites is 1. The van der Waals surface area contributed by atoms with E-state index in [0.717, 1.165) is 12.0 Å². The second-order valence-corrected chi connectivity index (χ2v) is 5.73. The second kappa shape index (κ2) is 10.7. The van der Waals surface area contributed by atoms with Crippen LogP contribution >= 0.6 is 0 Å². The van der Waals surface area contributed by atoms with Gasteiger partial charge < -0.3 is 10.1 Å². The van der Waals surface area contributed by atoms with Crippen molar-refractivity contribution in [1.82, 2.24) is 5.43 Å². The van der Waals surface area contributed by atoms with Crippen LogP contribution in [0.4, 0.5) is 10.1 Å². The first kappa shape index (κ1) is 20.1. The zero-order valence-corrected chi connectivity index (χ0v) is 15.1. The summed E-state index contributed by atoms with van der Waals surface area (Å²) in [7, 11) is 0. The Hall–Kier alpha value is -3.22. The number of hydrogen-bond donors (Lipinski definition) is 2. The Balaban J connectivity index is 1.76. The number of hydrazone groups is 1. The molecular weight excluding hydrogens is 349 g/mol. The first-order chi connectivity index (χ1) is 13.1. The summed E-state index contributed by atoms with van der Waals surface area (Å²) in [6.07, 6.45) is 2.37. The summed E-state index contributed by atoms with van der Waals surface area (Å²) in [5, 5.41) is 6.50. The van der Waals surface area contributed by atoms with Gasteiger partial charge in [-0.05, 0) is 42.8 Å². The third-order valence-corrected chi connectivity index (χ3v) is 3.48. The topological polar surface area (TPSA) is 79.8 Å². The normalized spacial score (nSPS) is 10.6. The molecule has 0 aliphatic heterocycles. The van der Waals surface area contributed by atoms with E-state index in [9.17, 15) is 14.0 Å². The lowest BCUT2D eigenvalue weighted by molar-refractivity contribution is -0.124. The molecule has 0 aliphatic rings. The van der Waals surface area contributed by atoms with Gasteiger partial charge in [-0.25, -0.2) is 9.82 Å². The second-order valence-electron chi connectivity index (χ2n) is 5.73. The Bertz CT molecular complexity index is 791. The number of benzene rings is 2. The highest BCUT2D eigenvalue weighted by Crippen LogP contribution is 2.15. The first-order valence-corrected chi connectivity index (χ1v) is 8.67. The van der Waals surface area contributed by atoms with Crippen molar-refractivity contribution in [3.8, 4) is 5.75 Å². The maximum absolute atomic E-state index is 12.8. The standard InChI is InChI=1S/C20H22FN3O3/c1-2-13-27-18-6-4-3-5-15(18)14-22-24-20(26)12-11-19(25)23-17-9-7-16(21)8-10-17/h3-10,14H,2,11-13H2,1H3,(H,23,25)(H,24,26). The number of ether oxygens (including phenoxy) is 1. The van der Waals surface area contributed by atoms with Gasteiger partial charge in [-0.3, -0.25) is 9.59 Å². The van der Waals surface area contributed by atoms with E-state index in [1.165, 1.54) is 30.5 Å². The van der Waals surface area contributed by atoms with E-state index in [2.05, 4.69) is 15.8 Å². The van der Waals surface area contributed by atoms with Gasteiger partial charge in [-0.2, -0.15) is 5.10 Å². The van der Waals surface area contributed by atoms with Crippen LogP contribution in [0, 0.1) is 5.82 Å². The number of nitrogens with one attached hydrogen (secondary N) is 2. The van der Waals surface area contributed by atoms with Crippen molar-refractivity contribution in [1.29, 1.82) is 0 Å². The van der Waals surface area contributed by atoms with Crippen LogP contribution in [0.2, 0.25) is 0 Å². The number of carbonyl (C=O) groups is 2. The smallest absolute Gasteiger partial charge is 0.240 e. The summed E-state index contributed by atoms with van der Waals surface area (Å²) >= 11 is 0. The lowest BCUT2D eigenvalue weighted by Crippen LogP contribution is -2.20. The van der Waals surface area contributed by atoms with Gasteiger partial charge in [-0.15, -0.1) is 0 Å². The van der Waals surface area contributed by atoms with Crippen molar-refractivity contribution in [2.24, 2.45) is 5.10 Å². The zero-order chi connectivity index (χ0) is 19.5. The molecule has 2 rings (SSSR count). The van der Waals surface area contributed by atoms with Crippen LogP contribution in [0.25, 0.3) is 0 Å². The number of nitrogens with zero attached hydrogens (tertiary/aromatic N) is 1. The molecule has 2 N–H and O–H groups in total. The molecular formula is C20H22FN3O3. The predicted molar refractivity (Wildman–Crippen MR) is 102 cm³/mol. The van der Waals surface area contributed by atoms with Gasteiger partial charge in [-0.1, -0.05) is 19.1 Å². The molecule has 2 amide bonds. The molecule has 0 atom stereocenters. The fourth-order valence-corrected chi connectivity index (χ4v) is 2.14. The quantitative estimate of drug-likeness (QED) is 0.523. The molecule has 0 aromatic heterocycles. The van der Waals surface area contributed by atoms with Crippen LogP contribution in [0.1, 0.15) is 31.7 Å². The Labute approximate surface area is 157 Å². The minimum atomic E-state index is -0.382. The van der Waals surface area contributed by atoms with Gasteiger partial charge >= 0.3 is 0 Å². The lowest BCUT2D eigenvalue weighted by atomic mass is 10.2. The van der Waals surface area contributed by atoms with Gasteiger partial charge in [0.15, 0.2) is 0 Å². The van der Waals surface area contributed by atoms with Crippen LogP contribution in [-0.4, -0.2) is 24.6 Å². The molecule has 0 unspecified atom stereocenters. The molecule has 0 fully saturated rings. The van der Waals surface area contributed by atoms with E-state index in [1.54, 1.807) is 0 Å². The Morgan fingerprint density at radius 2 is 1.78 bits per heavy atom. The highest BCUT2D eigenvalue weighted by atomic mass is 19.1. The average Bonchev–Trinajstić information content (AvgIpc) is 2.67. The molecule has 142 valence electrons.